The Morgan fingerprint density at radius 2 is 1.50 bits per heavy atom. The van der Waals surface area contributed by atoms with E-state index < -0.39 is 10.8 Å². The van der Waals surface area contributed by atoms with E-state index in [1.54, 1.807) is 48.5 Å². The van der Waals surface area contributed by atoms with Gasteiger partial charge < -0.3 is 5.11 Å². The normalized spacial score (nSPS) is 11.8. The van der Waals surface area contributed by atoms with Crippen molar-refractivity contribution in [3.8, 4) is 6.07 Å². The van der Waals surface area contributed by atoms with Gasteiger partial charge in [0.15, 0.2) is 0 Å². The highest BCUT2D eigenvalue weighted by molar-refractivity contribution is 7.85. The van der Waals surface area contributed by atoms with Crippen LogP contribution in [0.1, 0.15) is 11.1 Å². The van der Waals surface area contributed by atoms with Crippen LogP contribution >= 0.6 is 0 Å². The molecule has 0 saturated heterocycles. The van der Waals surface area contributed by atoms with Gasteiger partial charge in [-0.05, 0) is 42.0 Å². The first-order valence-electron chi connectivity index (χ1n) is 5.36. The first kappa shape index (κ1) is 12.5. The number of nitriles is 1. The summed E-state index contributed by atoms with van der Waals surface area (Å²) in [6.45, 7) is -0.0240. The predicted molar refractivity (Wildman–Crippen MR) is 68.2 cm³/mol. The number of nitrogens with zero attached hydrogens (tertiary/aromatic N) is 1. The molecule has 4 heteroatoms. The number of hydrogen-bond acceptors (Lipinski definition) is 3. The van der Waals surface area contributed by atoms with E-state index in [2.05, 4.69) is 0 Å². The Hall–Kier alpha value is -1.96. The molecule has 2 rings (SSSR count). The first-order chi connectivity index (χ1) is 8.74. The summed E-state index contributed by atoms with van der Waals surface area (Å²) < 4.78 is 12.2. The van der Waals surface area contributed by atoms with E-state index in [1.807, 2.05) is 6.07 Å². The highest BCUT2D eigenvalue weighted by atomic mass is 32.2. The van der Waals surface area contributed by atoms with Crippen LogP contribution in [0, 0.1) is 11.3 Å². The molecule has 2 aromatic carbocycles. The maximum absolute atomic E-state index is 12.2. The number of rotatable bonds is 3. The second kappa shape index (κ2) is 5.58. The van der Waals surface area contributed by atoms with E-state index in [-0.39, 0.29) is 6.61 Å². The molecule has 0 aromatic heterocycles. The van der Waals surface area contributed by atoms with Crippen molar-refractivity contribution >= 4 is 10.8 Å². The van der Waals surface area contributed by atoms with Gasteiger partial charge in [-0.3, -0.25) is 0 Å². The molecule has 0 saturated carbocycles. The lowest BCUT2D eigenvalue weighted by Gasteiger charge is -2.03. The highest BCUT2D eigenvalue weighted by Gasteiger charge is 2.06. The third-order valence-corrected chi connectivity index (χ3v) is 3.92. The molecular formula is C14H11NO2S. The molecule has 1 atom stereocenters. The van der Waals surface area contributed by atoms with Crippen LogP contribution in [0.15, 0.2) is 58.3 Å². The predicted octanol–water partition coefficient (Wildman–Crippen LogP) is 2.22. The zero-order valence-corrected chi connectivity index (χ0v) is 10.4. The fraction of sp³-hybridized carbons (Fsp3) is 0.0714. The van der Waals surface area contributed by atoms with Gasteiger partial charge in [0.2, 0.25) is 0 Å². The van der Waals surface area contributed by atoms with Crippen molar-refractivity contribution in [2.24, 2.45) is 0 Å². The van der Waals surface area contributed by atoms with Gasteiger partial charge in [0.05, 0.1) is 29.0 Å². The number of aliphatic hydroxyl groups excluding tert-OH is 1. The van der Waals surface area contributed by atoms with Crippen molar-refractivity contribution in [1.29, 1.82) is 5.26 Å². The molecule has 0 amide bonds. The van der Waals surface area contributed by atoms with Crippen LogP contribution in [-0.2, 0) is 17.4 Å². The lowest BCUT2D eigenvalue weighted by atomic mass is 10.2. The Kier molecular flexibility index (Phi) is 3.88. The van der Waals surface area contributed by atoms with Gasteiger partial charge in [0.1, 0.15) is 0 Å². The van der Waals surface area contributed by atoms with Crippen LogP contribution in [0.5, 0.6) is 0 Å². The molecule has 1 N–H and O–H groups in total. The topological polar surface area (TPSA) is 61.1 Å². The first-order valence-corrected chi connectivity index (χ1v) is 6.51. The van der Waals surface area contributed by atoms with E-state index in [4.69, 9.17) is 10.4 Å². The summed E-state index contributed by atoms with van der Waals surface area (Å²) in [6, 6.07) is 15.7. The molecule has 90 valence electrons. The maximum Gasteiger partial charge on any atom is 0.0991 e. The SMILES string of the molecule is N#Cc1ccc([S@](=O)c2ccc(CO)cc2)cc1. The molecule has 0 heterocycles. The maximum atomic E-state index is 12.2. The Morgan fingerprint density at radius 3 is 1.94 bits per heavy atom. The molecule has 0 radical (unpaired) electrons. The molecular weight excluding hydrogens is 246 g/mol. The molecule has 0 aliphatic carbocycles. The Bertz CT molecular complexity index is 597. The Morgan fingerprint density at radius 1 is 1.00 bits per heavy atom. The molecule has 18 heavy (non-hydrogen) atoms. The quantitative estimate of drug-likeness (QED) is 0.917. The van der Waals surface area contributed by atoms with Gasteiger partial charge in [-0.15, -0.1) is 0 Å². The van der Waals surface area contributed by atoms with Crippen LogP contribution in [-0.4, -0.2) is 9.32 Å². The molecule has 0 fully saturated rings. The van der Waals surface area contributed by atoms with Crippen molar-refractivity contribution in [3.63, 3.8) is 0 Å². The third kappa shape index (κ3) is 2.65. The van der Waals surface area contributed by atoms with Gasteiger partial charge in [-0.1, -0.05) is 12.1 Å². The monoisotopic (exact) mass is 257 g/mol. The summed E-state index contributed by atoms with van der Waals surface area (Å²) >= 11 is 0. The lowest BCUT2D eigenvalue weighted by Crippen LogP contribution is -1.93. The second-order valence-electron chi connectivity index (χ2n) is 3.71. The number of benzene rings is 2. The van der Waals surface area contributed by atoms with Crippen LogP contribution in [0.4, 0.5) is 0 Å². The summed E-state index contributed by atoms with van der Waals surface area (Å²) in [7, 11) is -1.26. The standard InChI is InChI=1S/C14H11NO2S/c15-9-11-1-5-13(6-2-11)18(17)14-7-3-12(10-16)4-8-14/h1-8,16H,10H2/t18-/m0/s1. The summed E-state index contributed by atoms with van der Waals surface area (Å²) in [5, 5.41) is 17.6. The van der Waals surface area contributed by atoms with Crippen LogP contribution < -0.4 is 0 Å². The number of aliphatic hydroxyl groups is 1. The molecule has 2 aromatic rings. The second-order valence-corrected chi connectivity index (χ2v) is 5.19. The molecule has 0 aliphatic rings. The minimum Gasteiger partial charge on any atom is -0.392 e. The zero-order valence-electron chi connectivity index (χ0n) is 9.54. The average Bonchev–Trinajstić information content (AvgIpc) is 2.47. The van der Waals surface area contributed by atoms with Gasteiger partial charge in [-0.25, -0.2) is 4.21 Å². The van der Waals surface area contributed by atoms with Crippen molar-refractivity contribution in [2.75, 3.05) is 0 Å². The van der Waals surface area contributed by atoms with E-state index in [1.165, 1.54) is 0 Å². The zero-order chi connectivity index (χ0) is 13.0. The smallest absolute Gasteiger partial charge is 0.0991 e. The molecule has 0 bridgehead atoms. The average molecular weight is 257 g/mol. The van der Waals surface area contributed by atoms with Gasteiger partial charge in [0, 0.05) is 9.79 Å². The minimum atomic E-state index is -1.26. The fourth-order valence-electron chi connectivity index (χ4n) is 1.51. The van der Waals surface area contributed by atoms with E-state index in [0.29, 0.717) is 15.4 Å². The van der Waals surface area contributed by atoms with Crippen LogP contribution in [0.3, 0.4) is 0 Å². The molecule has 0 spiro atoms. The molecule has 0 aliphatic heterocycles. The summed E-state index contributed by atoms with van der Waals surface area (Å²) in [5.41, 5.74) is 1.34. The van der Waals surface area contributed by atoms with Crippen molar-refractivity contribution in [3.05, 3.63) is 59.7 Å². The number of hydrogen-bond donors (Lipinski definition) is 1. The molecule has 3 nitrogen and oxygen atoms in total. The van der Waals surface area contributed by atoms with E-state index in [0.717, 1.165) is 5.56 Å². The summed E-state index contributed by atoms with van der Waals surface area (Å²) in [6.07, 6.45) is 0. The van der Waals surface area contributed by atoms with E-state index in [9.17, 15) is 4.21 Å². The largest absolute Gasteiger partial charge is 0.392 e. The van der Waals surface area contributed by atoms with Crippen molar-refractivity contribution in [2.45, 2.75) is 16.4 Å². The minimum absolute atomic E-state index is 0.0240. The Labute approximate surface area is 108 Å². The fourth-order valence-corrected chi connectivity index (χ4v) is 2.55. The van der Waals surface area contributed by atoms with Gasteiger partial charge in [0.25, 0.3) is 0 Å². The summed E-state index contributed by atoms with van der Waals surface area (Å²) in [4.78, 5) is 1.34. The van der Waals surface area contributed by atoms with Crippen molar-refractivity contribution < 1.29 is 9.32 Å². The third-order valence-electron chi connectivity index (χ3n) is 2.52. The molecule has 0 unspecified atom stereocenters. The summed E-state index contributed by atoms with van der Waals surface area (Å²) in [5.74, 6) is 0. The van der Waals surface area contributed by atoms with Crippen LogP contribution in [0.25, 0.3) is 0 Å². The van der Waals surface area contributed by atoms with Crippen molar-refractivity contribution in [1.82, 2.24) is 0 Å². The van der Waals surface area contributed by atoms with E-state index >= 15 is 0 Å². The van der Waals surface area contributed by atoms with Gasteiger partial charge in [-0.2, -0.15) is 5.26 Å². The van der Waals surface area contributed by atoms with Crippen LogP contribution in [0.2, 0.25) is 0 Å². The highest BCUT2D eigenvalue weighted by Crippen LogP contribution is 2.17. The lowest BCUT2D eigenvalue weighted by molar-refractivity contribution is 0.282. The Balaban J connectivity index is 2.26. The van der Waals surface area contributed by atoms with Gasteiger partial charge >= 0.3 is 0 Å².